The van der Waals surface area contributed by atoms with E-state index >= 15 is 0 Å². The largest absolute Gasteiger partial charge is 0.386 e. The first kappa shape index (κ1) is 8.93. The molecule has 0 aromatic carbocycles. The van der Waals surface area contributed by atoms with Crippen LogP contribution in [0.3, 0.4) is 0 Å². The molecule has 0 spiro atoms. The van der Waals surface area contributed by atoms with Gasteiger partial charge < -0.3 is 5.11 Å². The summed E-state index contributed by atoms with van der Waals surface area (Å²) in [5.41, 5.74) is 1.59. The van der Waals surface area contributed by atoms with Crippen LogP contribution in [-0.4, -0.2) is 20.5 Å². The lowest BCUT2D eigenvalue weighted by molar-refractivity contribution is 0.172. The molecule has 0 amide bonds. The van der Waals surface area contributed by atoms with E-state index in [9.17, 15) is 5.11 Å². The molecular formula is C8H13N3O. The summed E-state index contributed by atoms with van der Waals surface area (Å²) in [5, 5.41) is 19.4. The Morgan fingerprint density at radius 1 is 1.83 bits per heavy atom. The van der Waals surface area contributed by atoms with Gasteiger partial charge in [-0.1, -0.05) is 19.1 Å². The number of aromatic nitrogens is 3. The van der Waals surface area contributed by atoms with E-state index in [0.29, 0.717) is 12.1 Å². The van der Waals surface area contributed by atoms with Crippen LogP contribution in [0.4, 0.5) is 0 Å². The highest BCUT2D eigenvalue weighted by Crippen LogP contribution is 2.18. The highest BCUT2D eigenvalue weighted by atomic mass is 16.3. The zero-order valence-electron chi connectivity index (χ0n) is 7.12. The van der Waals surface area contributed by atoms with Gasteiger partial charge in [0.1, 0.15) is 11.8 Å². The lowest BCUT2D eigenvalue weighted by Crippen LogP contribution is -1.98. The predicted octanol–water partition coefficient (Wildman–Crippen LogP) is 1.19. The molecule has 4 nitrogen and oxygen atoms in total. The Kier molecular flexibility index (Phi) is 2.99. The van der Waals surface area contributed by atoms with E-state index in [0.717, 1.165) is 12.0 Å². The number of hydrogen-bond acceptors (Lipinski definition) is 3. The standard InChI is InChI=1S/C8H13N3O/c1-3-6(2)4-8(12)7-5-9-11-10-7/h5,8,12H,2-4H2,1H3,(H,9,10,11). The molecule has 1 atom stereocenters. The maximum absolute atomic E-state index is 9.53. The summed E-state index contributed by atoms with van der Waals surface area (Å²) in [4.78, 5) is 0. The number of aromatic amines is 1. The summed E-state index contributed by atoms with van der Waals surface area (Å²) in [6.07, 6.45) is 2.39. The van der Waals surface area contributed by atoms with Gasteiger partial charge in [0.05, 0.1) is 6.20 Å². The van der Waals surface area contributed by atoms with E-state index in [2.05, 4.69) is 22.0 Å². The minimum Gasteiger partial charge on any atom is -0.386 e. The summed E-state index contributed by atoms with van der Waals surface area (Å²) in [5.74, 6) is 0. The molecule has 1 aromatic rings. The van der Waals surface area contributed by atoms with Gasteiger partial charge in [-0.15, -0.1) is 0 Å². The van der Waals surface area contributed by atoms with Crippen LogP contribution in [0.2, 0.25) is 0 Å². The molecule has 1 unspecified atom stereocenters. The molecule has 1 rings (SSSR count). The van der Waals surface area contributed by atoms with Gasteiger partial charge >= 0.3 is 0 Å². The fourth-order valence-corrected chi connectivity index (χ4v) is 0.893. The molecule has 12 heavy (non-hydrogen) atoms. The molecule has 0 aliphatic heterocycles. The maximum atomic E-state index is 9.53. The van der Waals surface area contributed by atoms with Crippen molar-refractivity contribution in [3.63, 3.8) is 0 Å². The van der Waals surface area contributed by atoms with Gasteiger partial charge in [0, 0.05) is 0 Å². The maximum Gasteiger partial charge on any atom is 0.111 e. The second kappa shape index (κ2) is 4.01. The summed E-state index contributed by atoms with van der Waals surface area (Å²) in [6.45, 7) is 5.82. The van der Waals surface area contributed by atoms with Crippen LogP contribution in [0.1, 0.15) is 31.6 Å². The molecule has 1 aromatic heterocycles. The summed E-state index contributed by atoms with van der Waals surface area (Å²) < 4.78 is 0. The minimum absolute atomic E-state index is 0.559. The normalized spacial score (nSPS) is 12.8. The Labute approximate surface area is 71.3 Å². The average Bonchev–Trinajstić information content (AvgIpc) is 2.56. The molecule has 66 valence electrons. The summed E-state index contributed by atoms with van der Waals surface area (Å²) in [7, 11) is 0. The molecule has 2 N–H and O–H groups in total. The third-order valence-corrected chi connectivity index (χ3v) is 1.76. The van der Waals surface area contributed by atoms with Gasteiger partial charge in [-0.05, 0) is 12.8 Å². The van der Waals surface area contributed by atoms with Crippen LogP contribution < -0.4 is 0 Å². The summed E-state index contributed by atoms with van der Waals surface area (Å²) >= 11 is 0. The Morgan fingerprint density at radius 3 is 3.08 bits per heavy atom. The van der Waals surface area contributed by atoms with Crippen LogP contribution in [0.15, 0.2) is 18.3 Å². The molecule has 0 bridgehead atoms. The molecule has 0 radical (unpaired) electrons. The van der Waals surface area contributed by atoms with Crippen LogP contribution in [-0.2, 0) is 0 Å². The number of rotatable bonds is 4. The van der Waals surface area contributed by atoms with Crippen molar-refractivity contribution in [2.75, 3.05) is 0 Å². The van der Waals surface area contributed by atoms with Crippen molar-refractivity contribution in [3.8, 4) is 0 Å². The van der Waals surface area contributed by atoms with Gasteiger partial charge in [-0.3, -0.25) is 0 Å². The molecule has 0 saturated heterocycles. The van der Waals surface area contributed by atoms with Crippen LogP contribution in [0.5, 0.6) is 0 Å². The lowest BCUT2D eigenvalue weighted by Gasteiger charge is -2.07. The molecule has 0 aliphatic carbocycles. The van der Waals surface area contributed by atoms with E-state index in [-0.39, 0.29) is 0 Å². The number of aliphatic hydroxyl groups excluding tert-OH is 1. The van der Waals surface area contributed by atoms with Gasteiger partial charge in [0.2, 0.25) is 0 Å². The van der Waals surface area contributed by atoms with Crippen molar-refractivity contribution in [2.24, 2.45) is 0 Å². The van der Waals surface area contributed by atoms with Gasteiger partial charge in [0.15, 0.2) is 0 Å². The first-order chi connectivity index (χ1) is 5.74. The Balaban J connectivity index is 2.49. The molecule has 0 fully saturated rings. The number of nitrogens with one attached hydrogen (secondary N) is 1. The number of hydrogen-bond donors (Lipinski definition) is 2. The van der Waals surface area contributed by atoms with E-state index in [1.807, 2.05) is 6.92 Å². The molecular weight excluding hydrogens is 154 g/mol. The molecule has 0 saturated carbocycles. The SMILES string of the molecule is C=C(CC)CC(O)c1cn[nH]n1. The Morgan fingerprint density at radius 2 is 2.58 bits per heavy atom. The van der Waals surface area contributed by atoms with E-state index < -0.39 is 6.10 Å². The van der Waals surface area contributed by atoms with E-state index in [1.54, 1.807) is 0 Å². The van der Waals surface area contributed by atoms with Gasteiger partial charge in [0.25, 0.3) is 0 Å². The van der Waals surface area contributed by atoms with Crippen LogP contribution >= 0.6 is 0 Å². The fourth-order valence-electron chi connectivity index (χ4n) is 0.893. The zero-order valence-corrected chi connectivity index (χ0v) is 7.12. The minimum atomic E-state index is -0.573. The molecule has 4 heteroatoms. The van der Waals surface area contributed by atoms with E-state index in [4.69, 9.17) is 0 Å². The Hall–Kier alpha value is -1.16. The third-order valence-electron chi connectivity index (χ3n) is 1.76. The quantitative estimate of drug-likeness (QED) is 0.662. The number of aliphatic hydroxyl groups is 1. The van der Waals surface area contributed by atoms with Gasteiger partial charge in [-0.25, -0.2) is 0 Å². The topological polar surface area (TPSA) is 61.8 Å². The number of H-pyrrole nitrogens is 1. The monoisotopic (exact) mass is 167 g/mol. The van der Waals surface area contributed by atoms with Crippen molar-refractivity contribution >= 4 is 0 Å². The van der Waals surface area contributed by atoms with E-state index in [1.165, 1.54) is 6.20 Å². The van der Waals surface area contributed by atoms with Gasteiger partial charge in [-0.2, -0.15) is 15.4 Å². The Bertz CT molecular complexity index is 243. The highest BCUT2D eigenvalue weighted by Gasteiger charge is 2.10. The lowest BCUT2D eigenvalue weighted by atomic mass is 10.1. The second-order valence-electron chi connectivity index (χ2n) is 2.72. The second-order valence-corrected chi connectivity index (χ2v) is 2.72. The predicted molar refractivity (Wildman–Crippen MR) is 45.4 cm³/mol. The highest BCUT2D eigenvalue weighted by molar-refractivity contribution is 5.03. The first-order valence-corrected chi connectivity index (χ1v) is 3.94. The average molecular weight is 167 g/mol. The fraction of sp³-hybridized carbons (Fsp3) is 0.500. The third kappa shape index (κ3) is 2.17. The first-order valence-electron chi connectivity index (χ1n) is 3.94. The molecule has 1 heterocycles. The number of nitrogens with zero attached hydrogens (tertiary/aromatic N) is 2. The van der Waals surface area contributed by atoms with Crippen molar-refractivity contribution in [1.29, 1.82) is 0 Å². The summed E-state index contributed by atoms with van der Waals surface area (Å²) in [6, 6.07) is 0. The van der Waals surface area contributed by atoms with Crippen molar-refractivity contribution < 1.29 is 5.11 Å². The van der Waals surface area contributed by atoms with Crippen molar-refractivity contribution in [3.05, 3.63) is 24.0 Å². The van der Waals surface area contributed by atoms with Crippen LogP contribution in [0.25, 0.3) is 0 Å². The van der Waals surface area contributed by atoms with Crippen molar-refractivity contribution in [2.45, 2.75) is 25.9 Å². The van der Waals surface area contributed by atoms with Crippen LogP contribution in [0, 0.1) is 0 Å². The molecule has 0 aliphatic rings. The smallest absolute Gasteiger partial charge is 0.111 e. The van der Waals surface area contributed by atoms with Crippen molar-refractivity contribution in [1.82, 2.24) is 15.4 Å². The zero-order chi connectivity index (χ0) is 8.97.